The number of esters is 1. The van der Waals surface area contributed by atoms with Crippen molar-refractivity contribution < 1.29 is 9.53 Å². The summed E-state index contributed by atoms with van der Waals surface area (Å²) in [5.74, 6) is -0.134. The summed E-state index contributed by atoms with van der Waals surface area (Å²) in [6.07, 6.45) is 5.57. The fourth-order valence-corrected chi connectivity index (χ4v) is 1.09. The summed E-state index contributed by atoms with van der Waals surface area (Å²) in [5, 5.41) is 0. The van der Waals surface area contributed by atoms with E-state index < -0.39 is 0 Å². The van der Waals surface area contributed by atoms with Crippen LogP contribution in [0.3, 0.4) is 0 Å². The zero-order valence-electron chi connectivity index (χ0n) is 8.93. The molecule has 0 N–H and O–H groups in total. The molecule has 2 nitrogen and oxygen atoms in total. The molecule has 0 aromatic rings. The Morgan fingerprint density at radius 1 is 1.23 bits per heavy atom. The van der Waals surface area contributed by atoms with Gasteiger partial charge in [0, 0.05) is 5.57 Å². The van der Waals surface area contributed by atoms with Crippen molar-refractivity contribution in [1.29, 1.82) is 0 Å². The van der Waals surface area contributed by atoms with Crippen LogP contribution >= 0.6 is 0 Å². The van der Waals surface area contributed by atoms with Gasteiger partial charge < -0.3 is 4.74 Å². The Balaban J connectivity index is 4.04. The Bertz CT molecular complexity index is 171. The van der Waals surface area contributed by atoms with Crippen LogP contribution in [0.1, 0.15) is 46.5 Å². The van der Waals surface area contributed by atoms with Crippen LogP contribution in [-0.2, 0) is 9.53 Å². The molecule has 0 aliphatic carbocycles. The molecule has 0 aromatic carbocycles. The number of hydrogen-bond acceptors (Lipinski definition) is 2. The minimum absolute atomic E-state index is 0.134. The van der Waals surface area contributed by atoms with Gasteiger partial charge in [0.15, 0.2) is 0 Å². The Hall–Kier alpha value is -0.790. The first-order chi connectivity index (χ1) is 6.26. The molecule has 0 radical (unpaired) electrons. The molecule has 0 atom stereocenters. The van der Waals surface area contributed by atoms with Crippen LogP contribution in [0.15, 0.2) is 11.6 Å². The maximum atomic E-state index is 11.4. The zero-order valence-corrected chi connectivity index (χ0v) is 8.93. The molecule has 0 bridgehead atoms. The minimum atomic E-state index is -0.134. The average Bonchev–Trinajstić information content (AvgIpc) is 2.14. The maximum Gasteiger partial charge on any atom is 0.333 e. The molecule has 0 unspecified atom stereocenters. The average molecular weight is 184 g/mol. The summed E-state index contributed by atoms with van der Waals surface area (Å²) in [7, 11) is 0. The predicted molar refractivity (Wildman–Crippen MR) is 54.5 cm³/mol. The van der Waals surface area contributed by atoms with Gasteiger partial charge in [-0.05, 0) is 19.3 Å². The lowest BCUT2D eigenvalue weighted by Crippen LogP contribution is -2.08. The summed E-state index contributed by atoms with van der Waals surface area (Å²) < 4.78 is 5.05. The van der Waals surface area contributed by atoms with Gasteiger partial charge in [0.25, 0.3) is 0 Å². The van der Waals surface area contributed by atoms with Crippen molar-refractivity contribution in [2.45, 2.75) is 46.5 Å². The molecule has 0 fully saturated rings. The van der Waals surface area contributed by atoms with Crippen LogP contribution in [0.4, 0.5) is 0 Å². The van der Waals surface area contributed by atoms with E-state index in [1.54, 1.807) is 0 Å². The Kier molecular flexibility index (Phi) is 7.36. The second kappa shape index (κ2) is 7.84. The van der Waals surface area contributed by atoms with E-state index in [-0.39, 0.29) is 5.97 Å². The van der Waals surface area contributed by atoms with Gasteiger partial charge in [0.05, 0.1) is 6.61 Å². The number of carbonyl (C=O) groups is 1. The van der Waals surface area contributed by atoms with E-state index in [0.29, 0.717) is 6.61 Å². The summed E-state index contributed by atoms with van der Waals surface area (Å²) in [6.45, 7) is 6.62. The number of allylic oxidation sites excluding steroid dienone is 1. The first-order valence-corrected chi connectivity index (χ1v) is 5.12. The summed E-state index contributed by atoms with van der Waals surface area (Å²) in [4.78, 5) is 11.4. The Morgan fingerprint density at radius 3 is 2.38 bits per heavy atom. The van der Waals surface area contributed by atoms with Gasteiger partial charge in [-0.25, -0.2) is 4.79 Å². The van der Waals surface area contributed by atoms with Crippen molar-refractivity contribution in [2.75, 3.05) is 6.61 Å². The van der Waals surface area contributed by atoms with Gasteiger partial charge >= 0.3 is 5.97 Å². The van der Waals surface area contributed by atoms with Crippen molar-refractivity contribution in [3.8, 4) is 0 Å². The third-order valence-corrected chi connectivity index (χ3v) is 1.67. The van der Waals surface area contributed by atoms with Crippen molar-refractivity contribution >= 4 is 5.97 Å². The second-order valence-corrected chi connectivity index (χ2v) is 3.02. The van der Waals surface area contributed by atoms with Crippen LogP contribution in [0.5, 0.6) is 0 Å². The summed E-state index contributed by atoms with van der Waals surface area (Å²) in [6, 6.07) is 0. The van der Waals surface area contributed by atoms with Crippen LogP contribution < -0.4 is 0 Å². The fourth-order valence-electron chi connectivity index (χ4n) is 1.09. The van der Waals surface area contributed by atoms with Gasteiger partial charge in [-0.3, -0.25) is 0 Å². The molecule has 0 heterocycles. The molecule has 0 aliphatic rings. The number of hydrogen-bond donors (Lipinski definition) is 0. The first kappa shape index (κ1) is 12.2. The van der Waals surface area contributed by atoms with E-state index in [1.165, 1.54) is 0 Å². The monoisotopic (exact) mass is 184 g/mol. The Morgan fingerprint density at radius 2 is 1.92 bits per heavy atom. The minimum Gasteiger partial charge on any atom is -0.462 e. The SMILES string of the molecule is CC/C=C(/CCC)C(=O)OCCC. The predicted octanol–water partition coefficient (Wildman–Crippen LogP) is 3.08. The van der Waals surface area contributed by atoms with Crippen LogP contribution in [0, 0.1) is 0 Å². The zero-order chi connectivity index (χ0) is 10.1. The van der Waals surface area contributed by atoms with Gasteiger partial charge in [-0.15, -0.1) is 0 Å². The summed E-state index contributed by atoms with van der Waals surface area (Å²) in [5.41, 5.74) is 0.832. The van der Waals surface area contributed by atoms with Gasteiger partial charge in [-0.2, -0.15) is 0 Å². The van der Waals surface area contributed by atoms with E-state index in [2.05, 4.69) is 6.92 Å². The lowest BCUT2D eigenvalue weighted by molar-refractivity contribution is -0.139. The van der Waals surface area contributed by atoms with Crippen molar-refractivity contribution in [1.82, 2.24) is 0 Å². The first-order valence-electron chi connectivity index (χ1n) is 5.12. The van der Waals surface area contributed by atoms with E-state index in [0.717, 1.165) is 31.3 Å². The van der Waals surface area contributed by atoms with E-state index in [1.807, 2.05) is 19.9 Å². The molecule has 0 aromatic heterocycles. The number of rotatable bonds is 6. The quantitative estimate of drug-likeness (QED) is 0.468. The molecule has 13 heavy (non-hydrogen) atoms. The molecule has 0 amide bonds. The highest BCUT2D eigenvalue weighted by Gasteiger charge is 2.08. The standard InChI is InChI=1S/C11H20O2/c1-4-7-10(8-5-2)11(12)13-9-6-3/h7H,4-6,8-9H2,1-3H3/b10-7-. The van der Waals surface area contributed by atoms with E-state index >= 15 is 0 Å². The number of carbonyl (C=O) groups excluding carboxylic acids is 1. The molecule has 0 aliphatic heterocycles. The maximum absolute atomic E-state index is 11.4. The highest BCUT2D eigenvalue weighted by molar-refractivity contribution is 5.88. The third-order valence-electron chi connectivity index (χ3n) is 1.67. The lowest BCUT2D eigenvalue weighted by atomic mass is 10.1. The molecule has 76 valence electrons. The molecule has 2 heteroatoms. The molecule has 0 saturated heterocycles. The second-order valence-electron chi connectivity index (χ2n) is 3.02. The molecular formula is C11H20O2. The molecule has 0 saturated carbocycles. The molecular weight excluding hydrogens is 164 g/mol. The highest BCUT2D eigenvalue weighted by atomic mass is 16.5. The van der Waals surface area contributed by atoms with Crippen LogP contribution in [0.25, 0.3) is 0 Å². The molecule has 0 spiro atoms. The van der Waals surface area contributed by atoms with Crippen molar-refractivity contribution in [3.63, 3.8) is 0 Å². The molecule has 0 rings (SSSR count). The van der Waals surface area contributed by atoms with E-state index in [4.69, 9.17) is 4.74 Å². The fraction of sp³-hybridized carbons (Fsp3) is 0.727. The Labute approximate surface area is 81.0 Å². The van der Waals surface area contributed by atoms with Crippen LogP contribution in [-0.4, -0.2) is 12.6 Å². The topological polar surface area (TPSA) is 26.3 Å². The van der Waals surface area contributed by atoms with Gasteiger partial charge in [-0.1, -0.05) is 33.3 Å². The third kappa shape index (κ3) is 5.45. The smallest absolute Gasteiger partial charge is 0.333 e. The van der Waals surface area contributed by atoms with E-state index in [9.17, 15) is 4.79 Å². The largest absolute Gasteiger partial charge is 0.462 e. The highest BCUT2D eigenvalue weighted by Crippen LogP contribution is 2.08. The van der Waals surface area contributed by atoms with Crippen molar-refractivity contribution in [2.24, 2.45) is 0 Å². The van der Waals surface area contributed by atoms with Gasteiger partial charge in [0.1, 0.15) is 0 Å². The van der Waals surface area contributed by atoms with Crippen molar-refractivity contribution in [3.05, 3.63) is 11.6 Å². The van der Waals surface area contributed by atoms with Gasteiger partial charge in [0.2, 0.25) is 0 Å². The summed E-state index contributed by atoms with van der Waals surface area (Å²) >= 11 is 0. The normalized spacial score (nSPS) is 11.5. The number of ether oxygens (including phenoxy) is 1. The lowest BCUT2D eigenvalue weighted by Gasteiger charge is -2.05. The van der Waals surface area contributed by atoms with Crippen LogP contribution in [0.2, 0.25) is 0 Å².